The molecule has 3 unspecified atom stereocenters. The minimum atomic E-state index is 0.426. The molecule has 0 heterocycles. The molecule has 1 nitrogen and oxygen atoms in total. The molecule has 0 bridgehead atoms. The van der Waals surface area contributed by atoms with Crippen molar-refractivity contribution in [2.75, 3.05) is 12.4 Å². The van der Waals surface area contributed by atoms with Crippen molar-refractivity contribution >= 4 is 15.9 Å². The average Bonchev–Trinajstić information content (AvgIpc) is 2.75. The highest BCUT2D eigenvalue weighted by Gasteiger charge is 2.53. The average molecular weight is 247 g/mol. The monoisotopic (exact) mass is 246 g/mol. The summed E-state index contributed by atoms with van der Waals surface area (Å²) in [5.41, 5.74) is 0.572. The van der Waals surface area contributed by atoms with Gasteiger partial charge in [-0.05, 0) is 49.9 Å². The Morgan fingerprint density at radius 3 is 2.54 bits per heavy atom. The third kappa shape index (κ3) is 1.94. The molecule has 3 atom stereocenters. The Labute approximate surface area is 89.4 Å². The minimum absolute atomic E-state index is 0.426. The number of ether oxygens (including phenoxy) is 1. The fourth-order valence-electron chi connectivity index (χ4n) is 3.03. The number of hydrogen-bond donors (Lipinski definition) is 0. The number of halogens is 1. The SMILES string of the molecule is COC(C)CC1(CBr)CC2CC2C1. The molecular weight excluding hydrogens is 228 g/mol. The molecule has 2 aliphatic rings. The van der Waals surface area contributed by atoms with Gasteiger partial charge in [0.1, 0.15) is 0 Å². The van der Waals surface area contributed by atoms with E-state index in [9.17, 15) is 0 Å². The van der Waals surface area contributed by atoms with Gasteiger partial charge in [0.05, 0.1) is 6.10 Å². The molecule has 76 valence electrons. The van der Waals surface area contributed by atoms with Gasteiger partial charge < -0.3 is 4.74 Å². The van der Waals surface area contributed by atoms with Crippen LogP contribution in [0.25, 0.3) is 0 Å². The zero-order valence-electron chi connectivity index (χ0n) is 8.55. The first-order valence-electron chi connectivity index (χ1n) is 5.28. The molecule has 2 saturated carbocycles. The van der Waals surface area contributed by atoms with Crippen LogP contribution < -0.4 is 0 Å². The zero-order chi connectivity index (χ0) is 9.47. The normalized spacial score (nSPS) is 44.5. The maximum absolute atomic E-state index is 5.37. The number of fused-ring (bicyclic) bond motifs is 1. The lowest BCUT2D eigenvalue weighted by molar-refractivity contribution is 0.0696. The van der Waals surface area contributed by atoms with Crippen molar-refractivity contribution in [2.24, 2.45) is 17.3 Å². The molecule has 0 aliphatic heterocycles. The van der Waals surface area contributed by atoms with Gasteiger partial charge in [-0.1, -0.05) is 15.9 Å². The number of hydrogen-bond acceptors (Lipinski definition) is 1. The number of methoxy groups -OCH3 is 1. The van der Waals surface area contributed by atoms with Gasteiger partial charge in [-0.25, -0.2) is 0 Å². The molecule has 0 aromatic heterocycles. The van der Waals surface area contributed by atoms with Gasteiger partial charge in [-0.2, -0.15) is 0 Å². The van der Waals surface area contributed by atoms with E-state index in [1.165, 1.54) is 31.0 Å². The number of alkyl halides is 1. The van der Waals surface area contributed by atoms with Crippen molar-refractivity contribution in [3.05, 3.63) is 0 Å². The largest absolute Gasteiger partial charge is 0.382 e. The van der Waals surface area contributed by atoms with Crippen LogP contribution in [0.1, 0.15) is 32.6 Å². The first kappa shape index (κ1) is 9.97. The minimum Gasteiger partial charge on any atom is -0.382 e. The zero-order valence-corrected chi connectivity index (χ0v) is 10.1. The van der Waals surface area contributed by atoms with Crippen molar-refractivity contribution in [1.29, 1.82) is 0 Å². The topological polar surface area (TPSA) is 9.23 Å². The van der Waals surface area contributed by atoms with Crippen LogP contribution in [0.3, 0.4) is 0 Å². The summed E-state index contributed by atoms with van der Waals surface area (Å²) in [6.07, 6.45) is 6.06. The fraction of sp³-hybridized carbons (Fsp3) is 1.00. The van der Waals surface area contributed by atoms with E-state index in [1.807, 2.05) is 7.11 Å². The van der Waals surface area contributed by atoms with Gasteiger partial charge in [0.15, 0.2) is 0 Å². The van der Waals surface area contributed by atoms with E-state index in [4.69, 9.17) is 4.74 Å². The molecule has 2 aliphatic carbocycles. The van der Waals surface area contributed by atoms with E-state index < -0.39 is 0 Å². The molecular formula is C11H19BrO. The summed E-state index contributed by atoms with van der Waals surface area (Å²) >= 11 is 3.68. The molecule has 2 rings (SSSR count). The van der Waals surface area contributed by atoms with E-state index in [1.54, 1.807) is 0 Å². The molecule has 2 fully saturated rings. The molecule has 0 aromatic rings. The quantitative estimate of drug-likeness (QED) is 0.693. The van der Waals surface area contributed by atoms with Crippen LogP contribution in [0, 0.1) is 17.3 Å². The maximum atomic E-state index is 5.37. The van der Waals surface area contributed by atoms with Gasteiger partial charge >= 0.3 is 0 Å². The lowest BCUT2D eigenvalue weighted by Crippen LogP contribution is -2.26. The summed E-state index contributed by atoms with van der Waals surface area (Å²) in [6, 6.07) is 0. The second-order valence-electron chi connectivity index (χ2n) is 5.05. The Kier molecular flexibility index (Phi) is 2.72. The van der Waals surface area contributed by atoms with Crippen molar-refractivity contribution in [3.8, 4) is 0 Å². The smallest absolute Gasteiger partial charge is 0.0548 e. The molecule has 0 N–H and O–H groups in total. The van der Waals surface area contributed by atoms with Gasteiger partial charge in [-0.3, -0.25) is 0 Å². The number of rotatable bonds is 4. The van der Waals surface area contributed by atoms with Crippen molar-refractivity contribution in [3.63, 3.8) is 0 Å². The molecule has 0 amide bonds. The van der Waals surface area contributed by atoms with Crippen LogP contribution in [-0.4, -0.2) is 18.5 Å². The molecule has 0 spiro atoms. The predicted molar refractivity (Wildman–Crippen MR) is 58.1 cm³/mol. The first-order chi connectivity index (χ1) is 6.19. The van der Waals surface area contributed by atoms with Gasteiger partial charge in [0, 0.05) is 12.4 Å². The Morgan fingerprint density at radius 1 is 1.46 bits per heavy atom. The van der Waals surface area contributed by atoms with Crippen LogP contribution in [0.5, 0.6) is 0 Å². The second-order valence-corrected chi connectivity index (χ2v) is 5.61. The Morgan fingerprint density at radius 2 is 2.08 bits per heavy atom. The van der Waals surface area contributed by atoms with Crippen LogP contribution >= 0.6 is 15.9 Å². The van der Waals surface area contributed by atoms with E-state index in [0.29, 0.717) is 11.5 Å². The molecule has 0 saturated heterocycles. The highest BCUT2D eigenvalue weighted by molar-refractivity contribution is 9.09. The van der Waals surface area contributed by atoms with Crippen LogP contribution in [0.15, 0.2) is 0 Å². The first-order valence-corrected chi connectivity index (χ1v) is 6.40. The molecule has 13 heavy (non-hydrogen) atoms. The predicted octanol–water partition coefficient (Wildman–Crippen LogP) is 3.22. The Hall–Kier alpha value is 0.440. The summed E-state index contributed by atoms with van der Waals surface area (Å²) in [7, 11) is 1.82. The molecule has 0 aromatic carbocycles. The van der Waals surface area contributed by atoms with Crippen molar-refractivity contribution in [1.82, 2.24) is 0 Å². The maximum Gasteiger partial charge on any atom is 0.0548 e. The highest BCUT2D eigenvalue weighted by Crippen LogP contribution is 2.61. The van der Waals surface area contributed by atoms with Crippen LogP contribution in [-0.2, 0) is 4.74 Å². The summed E-state index contributed by atoms with van der Waals surface area (Å²) in [4.78, 5) is 0. The standard InChI is InChI=1S/C11H19BrO/c1-8(13-2)4-11(7-12)5-9-3-10(9)6-11/h8-10H,3-7H2,1-2H3. The van der Waals surface area contributed by atoms with E-state index in [0.717, 1.165) is 11.8 Å². The Bertz CT molecular complexity index is 183. The van der Waals surface area contributed by atoms with Gasteiger partial charge in [0.2, 0.25) is 0 Å². The summed E-state index contributed by atoms with van der Waals surface area (Å²) < 4.78 is 5.37. The summed E-state index contributed by atoms with van der Waals surface area (Å²) in [5.74, 6) is 2.14. The summed E-state index contributed by atoms with van der Waals surface area (Å²) in [6.45, 7) is 2.19. The fourth-order valence-corrected chi connectivity index (χ4v) is 3.72. The summed E-state index contributed by atoms with van der Waals surface area (Å²) in [5, 5.41) is 1.17. The Balaban J connectivity index is 1.92. The lowest BCUT2D eigenvalue weighted by Gasteiger charge is -2.31. The van der Waals surface area contributed by atoms with E-state index in [-0.39, 0.29) is 0 Å². The van der Waals surface area contributed by atoms with E-state index in [2.05, 4.69) is 22.9 Å². The highest BCUT2D eigenvalue weighted by atomic mass is 79.9. The van der Waals surface area contributed by atoms with Crippen molar-refractivity contribution in [2.45, 2.75) is 38.7 Å². The molecule has 0 radical (unpaired) electrons. The lowest BCUT2D eigenvalue weighted by atomic mass is 9.80. The molecule has 2 heteroatoms. The van der Waals surface area contributed by atoms with Gasteiger partial charge in [-0.15, -0.1) is 0 Å². The van der Waals surface area contributed by atoms with E-state index >= 15 is 0 Å². The van der Waals surface area contributed by atoms with Gasteiger partial charge in [0.25, 0.3) is 0 Å². The van der Waals surface area contributed by atoms with Crippen LogP contribution in [0.2, 0.25) is 0 Å². The van der Waals surface area contributed by atoms with Crippen LogP contribution in [0.4, 0.5) is 0 Å². The second kappa shape index (κ2) is 3.54. The third-order valence-corrected chi connectivity index (χ3v) is 5.06. The van der Waals surface area contributed by atoms with Crippen molar-refractivity contribution < 1.29 is 4.74 Å². The third-order valence-electron chi connectivity index (χ3n) is 3.87.